The molecule has 5 aromatic rings. The summed E-state index contributed by atoms with van der Waals surface area (Å²) in [5.41, 5.74) is 0.825. The fourth-order valence-electron chi connectivity index (χ4n) is 4.84. The number of carbonyl (C=O) groups excluding carboxylic acids is 3. The second-order valence-electron chi connectivity index (χ2n) is 11.1. The molecule has 13 nitrogen and oxygen atoms in total. The zero-order chi connectivity index (χ0) is 32.7. The Morgan fingerprint density at radius 2 is 1.54 bits per heavy atom. The number of nitrogens with one attached hydrogen (secondary N) is 5. The molecule has 234 valence electrons. The van der Waals surface area contributed by atoms with Crippen LogP contribution in [-0.4, -0.2) is 60.6 Å². The molecule has 0 unspecified atom stereocenters. The van der Waals surface area contributed by atoms with Crippen molar-refractivity contribution in [1.29, 1.82) is 0 Å². The molecule has 0 aliphatic heterocycles. The summed E-state index contributed by atoms with van der Waals surface area (Å²) in [5.74, 6) is -1.85. The number of aliphatic hydroxyl groups is 1. The summed E-state index contributed by atoms with van der Waals surface area (Å²) in [6.45, 7) is 3.63. The number of amides is 3. The van der Waals surface area contributed by atoms with E-state index < -0.39 is 40.8 Å². The molecule has 2 heterocycles. The van der Waals surface area contributed by atoms with E-state index in [0.717, 1.165) is 23.3 Å². The Morgan fingerprint density at radius 1 is 0.870 bits per heavy atom. The zero-order valence-electron chi connectivity index (χ0n) is 25.0. The van der Waals surface area contributed by atoms with Crippen molar-refractivity contribution in [2.75, 3.05) is 5.32 Å². The van der Waals surface area contributed by atoms with Gasteiger partial charge in [-0.25, -0.2) is 0 Å². The molecule has 0 spiro atoms. The Morgan fingerprint density at radius 3 is 2.22 bits per heavy atom. The number of hydrogen-bond acceptors (Lipinski definition) is 8. The van der Waals surface area contributed by atoms with Crippen molar-refractivity contribution >= 4 is 23.4 Å². The summed E-state index contributed by atoms with van der Waals surface area (Å²) in [7, 11) is 0. The van der Waals surface area contributed by atoms with E-state index in [2.05, 4.69) is 41.6 Å². The van der Waals surface area contributed by atoms with E-state index in [1.807, 2.05) is 50.2 Å². The Balaban J connectivity index is 1.35. The standard InChI is InChI=1S/C33H32N8O5/c1-33(2,22-13-7-4-8-14-22)37-31(45)27-19-24(42)18-26(35-27)30(44)36-25(16-20-10-5-3-6-11-20)28(43)32(46)34-23-15-9-12-21(17-23)29-38-40-41-39-29/h3-15,17-19,25,28,43H,16H2,1-2H3,(H,34,46)(H,35,42)(H,36,44)(H,37,45)(H,38,39,40,41)/t25-,28-/m0/s1. The summed E-state index contributed by atoms with van der Waals surface area (Å²) in [4.78, 5) is 55.2. The number of anilines is 1. The lowest BCUT2D eigenvalue weighted by Crippen LogP contribution is -2.50. The molecule has 0 bridgehead atoms. The lowest BCUT2D eigenvalue weighted by Gasteiger charge is -2.27. The van der Waals surface area contributed by atoms with Gasteiger partial charge in [-0.1, -0.05) is 72.8 Å². The van der Waals surface area contributed by atoms with E-state index in [0.29, 0.717) is 17.1 Å². The third-order valence-corrected chi connectivity index (χ3v) is 7.25. The molecule has 0 radical (unpaired) electrons. The average Bonchev–Trinajstić information content (AvgIpc) is 3.60. The van der Waals surface area contributed by atoms with E-state index in [-0.39, 0.29) is 17.8 Å². The molecule has 2 atom stereocenters. The minimum absolute atomic E-state index is 0.0831. The topological polar surface area (TPSA) is 195 Å². The van der Waals surface area contributed by atoms with Crippen molar-refractivity contribution in [2.45, 2.75) is 38.0 Å². The first-order valence-electron chi connectivity index (χ1n) is 14.4. The molecule has 2 aromatic heterocycles. The van der Waals surface area contributed by atoms with Gasteiger partial charge in [0.05, 0.1) is 11.6 Å². The van der Waals surface area contributed by atoms with Crippen molar-refractivity contribution in [3.8, 4) is 11.4 Å². The van der Waals surface area contributed by atoms with Gasteiger partial charge in [-0.2, -0.15) is 5.21 Å². The van der Waals surface area contributed by atoms with Crippen LogP contribution in [0.25, 0.3) is 11.4 Å². The molecule has 13 heteroatoms. The van der Waals surface area contributed by atoms with Crippen molar-refractivity contribution < 1.29 is 19.5 Å². The molecule has 6 N–H and O–H groups in total. The molecule has 0 fully saturated rings. The molecular formula is C33H32N8O5. The number of rotatable bonds is 11. The zero-order valence-corrected chi connectivity index (χ0v) is 25.0. The first-order chi connectivity index (χ1) is 22.1. The molecule has 0 saturated heterocycles. The van der Waals surface area contributed by atoms with E-state index in [1.165, 1.54) is 0 Å². The van der Waals surface area contributed by atoms with Crippen LogP contribution in [0.2, 0.25) is 0 Å². The van der Waals surface area contributed by atoms with Crippen molar-refractivity contribution in [3.05, 3.63) is 130 Å². The van der Waals surface area contributed by atoms with Gasteiger partial charge in [0.1, 0.15) is 11.4 Å². The van der Waals surface area contributed by atoms with Gasteiger partial charge in [0.2, 0.25) is 5.82 Å². The highest BCUT2D eigenvalue weighted by Crippen LogP contribution is 2.21. The second-order valence-corrected chi connectivity index (χ2v) is 11.1. The van der Waals surface area contributed by atoms with Crippen LogP contribution in [-0.2, 0) is 16.8 Å². The highest BCUT2D eigenvalue weighted by Gasteiger charge is 2.30. The van der Waals surface area contributed by atoms with Crippen LogP contribution >= 0.6 is 0 Å². The van der Waals surface area contributed by atoms with Gasteiger partial charge in [0.25, 0.3) is 17.7 Å². The monoisotopic (exact) mass is 620 g/mol. The summed E-state index contributed by atoms with van der Waals surface area (Å²) < 4.78 is 0. The second kappa shape index (κ2) is 13.8. The minimum Gasteiger partial charge on any atom is -0.381 e. The maximum atomic E-state index is 13.5. The van der Waals surface area contributed by atoms with Gasteiger partial charge in [0, 0.05) is 23.4 Å². The molecule has 3 aromatic carbocycles. The number of aromatic amines is 2. The number of aliphatic hydroxyl groups excluding tert-OH is 1. The molecule has 46 heavy (non-hydrogen) atoms. The fraction of sp³-hybridized carbons (Fsp3) is 0.182. The molecule has 0 saturated carbocycles. The van der Waals surface area contributed by atoms with Crippen molar-refractivity contribution in [1.82, 2.24) is 36.2 Å². The van der Waals surface area contributed by atoms with Crippen LogP contribution in [0.3, 0.4) is 0 Å². The van der Waals surface area contributed by atoms with Crippen LogP contribution in [0, 0.1) is 0 Å². The van der Waals surface area contributed by atoms with Crippen LogP contribution in [0.5, 0.6) is 0 Å². The molecule has 3 amide bonds. The van der Waals surface area contributed by atoms with Gasteiger partial charge < -0.3 is 26.0 Å². The SMILES string of the molecule is CC(C)(NC(=O)c1cc(=O)cc(C(=O)N[C@@H](Cc2ccccc2)[C@H](O)C(=O)Nc2cccc(-c3nn[nH]n3)c2)[nH]1)c1ccccc1. The molecule has 0 aliphatic rings. The Hall–Kier alpha value is -5.95. The number of carbonyl (C=O) groups is 3. The van der Waals surface area contributed by atoms with E-state index in [1.54, 1.807) is 48.5 Å². The number of nitrogens with zero attached hydrogens (tertiary/aromatic N) is 3. The number of hydrogen-bond donors (Lipinski definition) is 6. The number of aromatic nitrogens is 5. The summed E-state index contributed by atoms with van der Waals surface area (Å²) in [5, 5.41) is 33.1. The largest absolute Gasteiger partial charge is 0.381 e. The first kappa shape index (κ1) is 31.5. The molecular weight excluding hydrogens is 588 g/mol. The number of H-pyrrole nitrogens is 2. The predicted octanol–water partition coefficient (Wildman–Crippen LogP) is 2.56. The van der Waals surface area contributed by atoms with Gasteiger partial charge in [-0.05, 0) is 48.7 Å². The van der Waals surface area contributed by atoms with E-state index in [4.69, 9.17) is 0 Å². The lowest BCUT2D eigenvalue weighted by molar-refractivity contribution is -0.125. The molecule has 5 rings (SSSR count). The minimum atomic E-state index is -1.71. The van der Waals surface area contributed by atoms with E-state index >= 15 is 0 Å². The highest BCUT2D eigenvalue weighted by molar-refractivity contribution is 5.98. The average molecular weight is 621 g/mol. The predicted molar refractivity (Wildman–Crippen MR) is 170 cm³/mol. The summed E-state index contributed by atoms with van der Waals surface area (Å²) in [6, 6.07) is 26.0. The number of benzene rings is 3. The maximum Gasteiger partial charge on any atom is 0.268 e. The summed E-state index contributed by atoms with van der Waals surface area (Å²) >= 11 is 0. The highest BCUT2D eigenvalue weighted by atomic mass is 16.3. The van der Waals surface area contributed by atoms with Gasteiger partial charge in [-0.15, -0.1) is 10.2 Å². The molecule has 0 aliphatic carbocycles. The smallest absolute Gasteiger partial charge is 0.268 e. The fourth-order valence-corrected chi connectivity index (χ4v) is 4.84. The Kier molecular flexibility index (Phi) is 9.43. The van der Waals surface area contributed by atoms with Crippen LogP contribution < -0.4 is 21.4 Å². The third kappa shape index (κ3) is 7.76. The quantitative estimate of drug-likeness (QED) is 0.130. The first-order valence-corrected chi connectivity index (χ1v) is 14.4. The van der Waals surface area contributed by atoms with Crippen molar-refractivity contribution in [2.24, 2.45) is 0 Å². The van der Waals surface area contributed by atoms with Gasteiger partial charge in [0.15, 0.2) is 11.5 Å². The maximum absolute atomic E-state index is 13.5. The van der Waals surface area contributed by atoms with Crippen LogP contribution in [0.4, 0.5) is 5.69 Å². The lowest BCUT2D eigenvalue weighted by atomic mass is 9.94. The normalized spacial score (nSPS) is 12.5. The Bertz CT molecular complexity index is 1880. The van der Waals surface area contributed by atoms with Crippen molar-refractivity contribution in [3.63, 3.8) is 0 Å². The number of tetrazole rings is 1. The van der Waals surface area contributed by atoms with Gasteiger partial charge >= 0.3 is 0 Å². The van der Waals surface area contributed by atoms with Crippen LogP contribution in [0.1, 0.15) is 46.0 Å². The van der Waals surface area contributed by atoms with E-state index in [9.17, 15) is 24.3 Å². The third-order valence-electron chi connectivity index (χ3n) is 7.25. The van der Waals surface area contributed by atoms with Gasteiger partial charge in [-0.3, -0.25) is 19.2 Å². The summed E-state index contributed by atoms with van der Waals surface area (Å²) in [6.07, 6.45) is -1.62. The van der Waals surface area contributed by atoms with Crippen LogP contribution in [0.15, 0.2) is 102 Å². The number of pyridine rings is 1. The Labute approximate surface area is 263 Å².